The van der Waals surface area contributed by atoms with Crippen LogP contribution in [0.3, 0.4) is 0 Å². The first kappa shape index (κ1) is 26.7. The average Bonchev–Trinajstić information content (AvgIpc) is 2.87. The van der Waals surface area contributed by atoms with Gasteiger partial charge in [-0.3, -0.25) is 4.57 Å². The summed E-state index contributed by atoms with van der Waals surface area (Å²) in [5.74, 6) is 0.977. The molecule has 0 amide bonds. The maximum Gasteiger partial charge on any atom is 0.258 e. The van der Waals surface area contributed by atoms with Crippen molar-refractivity contribution >= 4 is 24.0 Å². The fourth-order valence-electron chi connectivity index (χ4n) is 3.76. The molecular weight excluding hydrogens is 459 g/mol. The molecule has 35 heavy (non-hydrogen) atoms. The molecule has 0 aliphatic rings. The number of nitrogens with zero attached hydrogens (tertiary/aromatic N) is 1. The Balaban J connectivity index is 2.15. The number of rotatable bonds is 12. The number of ether oxygens (including phenoxy) is 2. The summed E-state index contributed by atoms with van der Waals surface area (Å²) in [6.45, 7) is 4.66. The van der Waals surface area contributed by atoms with E-state index in [2.05, 4.69) is 19.2 Å². The van der Waals surface area contributed by atoms with Crippen molar-refractivity contribution in [2.24, 2.45) is 5.92 Å². The lowest BCUT2D eigenvalue weighted by atomic mass is 10.2. The molecule has 2 unspecified atom stereocenters. The van der Waals surface area contributed by atoms with Crippen LogP contribution in [0.4, 0.5) is 11.4 Å². The number of methoxy groups -OCH3 is 2. The van der Waals surface area contributed by atoms with Crippen LogP contribution >= 0.6 is 7.37 Å². The van der Waals surface area contributed by atoms with E-state index in [0.29, 0.717) is 29.3 Å². The van der Waals surface area contributed by atoms with Crippen LogP contribution in [0.1, 0.15) is 31.6 Å². The van der Waals surface area contributed by atoms with Gasteiger partial charge in [0.1, 0.15) is 5.78 Å². The molecule has 7 heteroatoms. The van der Waals surface area contributed by atoms with Crippen LogP contribution in [-0.4, -0.2) is 34.9 Å². The minimum Gasteiger partial charge on any atom is -0.493 e. The molecule has 1 N–H and O–H groups in total. The Morgan fingerprint density at radius 3 is 2.11 bits per heavy atom. The van der Waals surface area contributed by atoms with E-state index in [9.17, 15) is 4.57 Å². The number of anilines is 2. The second-order valence-electron chi connectivity index (χ2n) is 9.05. The smallest absolute Gasteiger partial charge is 0.258 e. The third kappa shape index (κ3) is 6.59. The quantitative estimate of drug-likeness (QED) is 0.287. The van der Waals surface area contributed by atoms with Crippen molar-refractivity contribution in [1.29, 1.82) is 0 Å². The van der Waals surface area contributed by atoms with Crippen LogP contribution in [0.25, 0.3) is 0 Å². The van der Waals surface area contributed by atoms with Crippen LogP contribution < -0.4 is 25.0 Å². The van der Waals surface area contributed by atoms with Crippen molar-refractivity contribution in [3.05, 3.63) is 78.4 Å². The highest BCUT2D eigenvalue weighted by Gasteiger charge is 2.38. The van der Waals surface area contributed by atoms with Crippen molar-refractivity contribution < 1.29 is 18.6 Å². The first-order valence-electron chi connectivity index (χ1n) is 11.8. The lowest BCUT2D eigenvalue weighted by molar-refractivity contribution is 0.289. The summed E-state index contributed by atoms with van der Waals surface area (Å²) < 4.78 is 32.3. The summed E-state index contributed by atoms with van der Waals surface area (Å²) in [6, 6.07) is 23.1. The Hall–Kier alpha value is -2.95. The minimum atomic E-state index is -3.46. The second-order valence-corrected chi connectivity index (χ2v) is 11.5. The summed E-state index contributed by atoms with van der Waals surface area (Å²) in [4.78, 5) is 2.02. The van der Waals surface area contributed by atoms with Crippen LogP contribution in [0.15, 0.2) is 72.8 Å². The highest BCUT2D eigenvalue weighted by molar-refractivity contribution is 7.67. The van der Waals surface area contributed by atoms with Crippen LogP contribution in [0.2, 0.25) is 0 Å². The van der Waals surface area contributed by atoms with Gasteiger partial charge in [-0.25, -0.2) is 0 Å². The Labute approximate surface area is 209 Å². The van der Waals surface area contributed by atoms with Gasteiger partial charge < -0.3 is 24.2 Å². The highest BCUT2D eigenvalue weighted by atomic mass is 31.2. The van der Waals surface area contributed by atoms with E-state index in [1.165, 1.54) is 0 Å². The van der Waals surface area contributed by atoms with Gasteiger partial charge in [0.15, 0.2) is 11.5 Å². The predicted octanol–water partition coefficient (Wildman–Crippen LogP) is 6.55. The van der Waals surface area contributed by atoms with E-state index in [-0.39, 0.29) is 0 Å². The number of hydrogen-bond donors (Lipinski definition) is 1. The molecule has 0 saturated carbocycles. The molecule has 3 aromatic rings. The van der Waals surface area contributed by atoms with Crippen molar-refractivity contribution in [2.45, 2.75) is 26.1 Å². The molecule has 3 aromatic carbocycles. The van der Waals surface area contributed by atoms with Gasteiger partial charge in [0.25, 0.3) is 7.37 Å². The monoisotopic (exact) mass is 496 g/mol. The first-order valence-corrected chi connectivity index (χ1v) is 13.5. The Bertz CT molecular complexity index is 1120. The second kappa shape index (κ2) is 12.1. The van der Waals surface area contributed by atoms with Crippen molar-refractivity contribution in [3.8, 4) is 11.5 Å². The van der Waals surface area contributed by atoms with Gasteiger partial charge in [-0.05, 0) is 66.4 Å². The number of nitrogens with one attached hydrogen (secondary N) is 1. The van der Waals surface area contributed by atoms with E-state index < -0.39 is 13.2 Å². The summed E-state index contributed by atoms with van der Waals surface area (Å²) in [5, 5.41) is 4.17. The van der Waals surface area contributed by atoms with Crippen LogP contribution in [0, 0.1) is 5.92 Å². The highest BCUT2D eigenvalue weighted by Crippen LogP contribution is 2.59. The van der Waals surface area contributed by atoms with Crippen molar-refractivity contribution in [3.63, 3.8) is 0 Å². The van der Waals surface area contributed by atoms with Gasteiger partial charge in [0.05, 0.1) is 20.8 Å². The maximum atomic E-state index is 15.0. The molecule has 6 nitrogen and oxygen atoms in total. The summed E-state index contributed by atoms with van der Waals surface area (Å²) in [6.07, 6.45) is 0.809. The molecule has 2 atom stereocenters. The normalized spacial score (nSPS) is 13.7. The molecule has 0 aliphatic heterocycles. The van der Waals surface area contributed by atoms with E-state index in [0.717, 1.165) is 23.4 Å². The zero-order valence-corrected chi connectivity index (χ0v) is 22.4. The third-order valence-corrected chi connectivity index (χ3v) is 8.54. The zero-order chi connectivity index (χ0) is 25.4. The Morgan fingerprint density at radius 1 is 0.886 bits per heavy atom. The lowest BCUT2D eigenvalue weighted by Crippen LogP contribution is -2.21. The molecule has 0 radical (unpaired) electrons. The number of hydrogen-bond acceptors (Lipinski definition) is 6. The molecule has 0 fully saturated rings. The fourth-order valence-corrected chi connectivity index (χ4v) is 6.17. The SMILES string of the molecule is COc1ccc(C(Nc2ccccc2)P(=O)(OCCC(C)C)c2ccc(N(C)C)cc2)cc1OC. The molecule has 0 saturated heterocycles. The molecule has 3 rings (SSSR count). The maximum absolute atomic E-state index is 15.0. The molecular formula is C28H37N2O4P. The van der Waals surface area contributed by atoms with Crippen molar-refractivity contribution in [1.82, 2.24) is 0 Å². The van der Waals surface area contributed by atoms with Crippen LogP contribution in [-0.2, 0) is 9.09 Å². The first-order chi connectivity index (χ1) is 16.8. The van der Waals surface area contributed by atoms with Gasteiger partial charge >= 0.3 is 0 Å². The Kier molecular flexibility index (Phi) is 9.25. The van der Waals surface area contributed by atoms with E-state index in [4.69, 9.17) is 14.0 Å². The molecule has 0 aliphatic carbocycles. The lowest BCUT2D eigenvalue weighted by Gasteiger charge is -2.31. The molecule has 0 heterocycles. The topological polar surface area (TPSA) is 60.0 Å². The van der Waals surface area contributed by atoms with E-state index >= 15 is 0 Å². The van der Waals surface area contributed by atoms with Gasteiger partial charge in [-0.15, -0.1) is 0 Å². The molecule has 188 valence electrons. The van der Waals surface area contributed by atoms with Gasteiger partial charge in [0, 0.05) is 30.8 Å². The predicted molar refractivity (Wildman–Crippen MR) is 146 cm³/mol. The van der Waals surface area contributed by atoms with Crippen molar-refractivity contribution in [2.75, 3.05) is 45.1 Å². The third-order valence-electron chi connectivity index (χ3n) is 5.84. The van der Waals surface area contributed by atoms with Crippen LogP contribution in [0.5, 0.6) is 11.5 Å². The van der Waals surface area contributed by atoms with Gasteiger partial charge in [-0.1, -0.05) is 38.1 Å². The molecule has 0 spiro atoms. The minimum absolute atomic E-state index is 0.393. The average molecular weight is 497 g/mol. The van der Waals surface area contributed by atoms with E-state index in [1.807, 2.05) is 91.8 Å². The molecule has 0 bridgehead atoms. The fraction of sp³-hybridized carbons (Fsp3) is 0.357. The molecule has 0 aromatic heterocycles. The standard InChI is InChI=1S/C28H37N2O4P/c1-21(2)18-19-34-35(31,25-15-13-24(14-16-25)30(3)4)28(29-23-10-8-7-9-11-23)22-12-17-26(32-5)27(20-22)33-6/h7-17,20-21,28-29H,18-19H2,1-6H3. The summed E-state index contributed by atoms with van der Waals surface area (Å²) >= 11 is 0. The summed E-state index contributed by atoms with van der Waals surface area (Å²) in [5.41, 5.74) is 2.67. The summed E-state index contributed by atoms with van der Waals surface area (Å²) in [7, 11) is 3.71. The largest absolute Gasteiger partial charge is 0.493 e. The Morgan fingerprint density at radius 2 is 1.54 bits per heavy atom. The van der Waals surface area contributed by atoms with E-state index in [1.54, 1.807) is 14.2 Å². The number of para-hydroxylation sites is 1. The zero-order valence-electron chi connectivity index (χ0n) is 21.5. The number of benzene rings is 3. The van der Waals surface area contributed by atoms with Gasteiger partial charge in [-0.2, -0.15) is 0 Å². The van der Waals surface area contributed by atoms with Gasteiger partial charge in [0.2, 0.25) is 0 Å².